The van der Waals surface area contributed by atoms with Crippen molar-refractivity contribution in [2.75, 3.05) is 7.11 Å². The summed E-state index contributed by atoms with van der Waals surface area (Å²) in [6.45, 7) is 1.85. The number of nitrogens with two attached hydrogens (primary N) is 1. The zero-order chi connectivity index (χ0) is 16.1. The molecule has 2 rings (SSSR count). The molecule has 1 amide bonds. The number of amides is 1. The standard InChI is InChI=1S/C17H19FN2O2/c1-11(13-8-9-15(22-2)14(18)10-13)20-16(17(19)21)12-6-4-3-5-7-12/h3-11,16,20H,1-2H3,(H2,19,21). The highest BCUT2D eigenvalue weighted by atomic mass is 19.1. The van der Waals surface area contributed by atoms with Gasteiger partial charge in [-0.3, -0.25) is 10.1 Å². The number of methoxy groups -OCH3 is 1. The first-order valence-corrected chi connectivity index (χ1v) is 6.96. The predicted octanol–water partition coefficient (Wildman–Crippen LogP) is 2.71. The molecule has 0 spiro atoms. The van der Waals surface area contributed by atoms with E-state index in [-0.39, 0.29) is 11.8 Å². The minimum Gasteiger partial charge on any atom is -0.494 e. The van der Waals surface area contributed by atoms with Crippen LogP contribution in [0.1, 0.15) is 30.1 Å². The van der Waals surface area contributed by atoms with Gasteiger partial charge in [0, 0.05) is 6.04 Å². The molecule has 0 saturated carbocycles. The van der Waals surface area contributed by atoms with Crippen LogP contribution in [0.25, 0.3) is 0 Å². The fourth-order valence-electron chi connectivity index (χ4n) is 2.29. The summed E-state index contributed by atoms with van der Waals surface area (Å²) >= 11 is 0. The lowest BCUT2D eigenvalue weighted by molar-refractivity contribution is -0.120. The average molecular weight is 302 g/mol. The summed E-state index contributed by atoms with van der Waals surface area (Å²) < 4.78 is 18.7. The van der Waals surface area contributed by atoms with Gasteiger partial charge in [-0.05, 0) is 30.2 Å². The first kappa shape index (κ1) is 16.0. The van der Waals surface area contributed by atoms with E-state index < -0.39 is 17.8 Å². The van der Waals surface area contributed by atoms with Crippen molar-refractivity contribution in [2.24, 2.45) is 5.73 Å². The Hall–Kier alpha value is -2.40. The minimum atomic E-state index is -0.638. The molecule has 0 aliphatic carbocycles. The lowest BCUT2D eigenvalue weighted by atomic mass is 10.0. The zero-order valence-corrected chi connectivity index (χ0v) is 12.5. The Kier molecular flexibility index (Phi) is 5.12. The second-order valence-corrected chi connectivity index (χ2v) is 5.03. The number of carbonyl (C=O) groups excluding carboxylic acids is 1. The SMILES string of the molecule is COc1ccc(C(C)NC(C(N)=O)c2ccccc2)cc1F. The molecule has 0 heterocycles. The van der Waals surface area contributed by atoms with Crippen LogP contribution in [0.15, 0.2) is 48.5 Å². The van der Waals surface area contributed by atoms with E-state index in [9.17, 15) is 9.18 Å². The number of ether oxygens (including phenoxy) is 1. The molecule has 116 valence electrons. The van der Waals surface area contributed by atoms with Crippen molar-refractivity contribution >= 4 is 5.91 Å². The average Bonchev–Trinajstić information content (AvgIpc) is 2.52. The molecule has 2 aromatic rings. The Morgan fingerprint density at radius 1 is 1.18 bits per heavy atom. The molecule has 5 heteroatoms. The maximum Gasteiger partial charge on any atom is 0.239 e. The predicted molar refractivity (Wildman–Crippen MR) is 82.9 cm³/mol. The van der Waals surface area contributed by atoms with E-state index >= 15 is 0 Å². The van der Waals surface area contributed by atoms with E-state index in [4.69, 9.17) is 10.5 Å². The van der Waals surface area contributed by atoms with E-state index in [2.05, 4.69) is 5.32 Å². The van der Waals surface area contributed by atoms with Gasteiger partial charge in [0.2, 0.25) is 5.91 Å². The van der Waals surface area contributed by atoms with Crippen molar-refractivity contribution in [3.8, 4) is 5.75 Å². The maximum absolute atomic E-state index is 13.8. The monoisotopic (exact) mass is 302 g/mol. The molecule has 2 unspecified atom stereocenters. The van der Waals surface area contributed by atoms with Gasteiger partial charge in [0.15, 0.2) is 11.6 Å². The van der Waals surface area contributed by atoms with Crippen molar-refractivity contribution in [3.63, 3.8) is 0 Å². The smallest absolute Gasteiger partial charge is 0.239 e. The molecule has 3 N–H and O–H groups in total. The van der Waals surface area contributed by atoms with Gasteiger partial charge in [0.25, 0.3) is 0 Å². The fourth-order valence-corrected chi connectivity index (χ4v) is 2.29. The van der Waals surface area contributed by atoms with Crippen LogP contribution in [-0.4, -0.2) is 13.0 Å². The summed E-state index contributed by atoms with van der Waals surface area (Å²) in [5.41, 5.74) is 6.96. The first-order valence-electron chi connectivity index (χ1n) is 6.96. The van der Waals surface area contributed by atoms with Gasteiger partial charge >= 0.3 is 0 Å². The number of carbonyl (C=O) groups is 1. The molecule has 0 radical (unpaired) electrons. The molecular formula is C17H19FN2O2. The van der Waals surface area contributed by atoms with Crippen LogP contribution in [0.3, 0.4) is 0 Å². The summed E-state index contributed by atoms with van der Waals surface area (Å²) in [6, 6.07) is 13.0. The molecule has 0 aromatic heterocycles. The Balaban J connectivity index is 2.20. The molecule has 2 aromatic carbocycles. The highest BCUT2D eigenvalue weighted by Crippen LogP contribution is 2.24. The number of benzene rings is 2. The summed E-state index contributed by atoms with van der Waals surface area (Å²) in [7, 11) is 1.41. The van der Waals surface area contributed by atoms with Crippen molar-refractivity contribution in [1.82, 2.24) is 5.32 Å². The van der Waals surface area contributed by atoms with Crippen LogP contribution in [0, 0.1) is 5.82 Å². The van der Waals surface area contributed by atoms with Crippen LogP contribution >= 0.6 is 0 Å². The third-order valence-corrected chi connectivity index (χ3v) is 3.51. The molecule has 2 atom stereocenters. The van der Waals surface area contributed by atoms with Crippen LogP contribution in [-0.2, 0) is 4.79 Å². The fraction of sp³-hybridized carbons (Fsp3) is 0.235. The summed E-state index contributed by atoms with van der Waals surface area (Å²) in [4.78, 5) is 11.7. The Labute approximate surface area is 129 Å². The molecule has 22 heavy (non-hydrogen) atoms. The Morgan fingerprint density at radius 3 is 2.41 bits per heavy atom. The Morgan fingerprint density at radius 2 is 1.86 bits per heavy atom. The summed E-state index contributed by atoms with van der Waals surface area (Å²) in [6.07, 6.45) is 0. The third kappa shape index (κ3) is 3.62. The second kappa shape index (κ2) is 7.04. The number of halogens is 1. The lowest BCUT2D eigenvalue weighted by Gasteiger charge is -2.22. The molecular weight excluding hydrogens is 283 g/mol. The van der Waals surface area contributed by atoms with E-state index in [0.29, 0.717) is 5.56 Å². The number of hydrogen-bond donors (Lipinski definition) is 2. The van der Waals surface area contributed by atoms with Crippen LogP contribution in [0.2, 0.25) is 0 Å². The van der Waals surface area contributed by atoms with Gasteiger partial charge in [-0.2, -0.15) is 0 Å². The number of rotatable bonds is 6. The first-order chi connectivity index (χ1) is 10.5. The van der Waals surface area contributed by atoms with Crippen LogP contribution in [0.4, 0.5) is 4.39 Å². The summed E-state index contributed by atoms with van der Waals surface area (Å²) in [5.74, 6) is -0.735. The largest absolute Gasteiger partial charge is 0.494 e. The summed E-state index contributed by atoms with van der Waals surface area (Å²) in [5, 5.41) is 3.13. The van der Waals surface area contributed by atoms with Crippen molar-refractivity contribution in [2.45, 2.75) is 19.0 Å². The second-order valence-electron chi connectivity index (χ2n) is 5.03. The van der Waals surface area contributed by atoms with E-state index in [1.807, 2.05) is 37.3 Å². The topological polar surface area (TPSA) is 64.3 Å². The van der Waals surface area contributed by atoms with Crippen molar-refractivity contribution in [3.05, 3.63) is 65.5 Å². The van der Waals surface area contributed by atoms with Crippen LogP contribution in [0.5, 0.6) is 5.75 Å². The molecule has 0 aliphatic heterocycles. The normalized spacial score (nSPS) is 13.4. The van der Waals surface area contributed by atoms with Gasteiger partial charge in [-0.1, -0.05) is 36.4 Å². The number of nitrogens with one attached hydrogen (secondary N) is 1. The highest BCUT2D eigenvalue weighted by molar-refractivity contribution is 5.81. The molecule has 4 nitrogen and oxygen atoms in total. The highest BCUT2D eigenvalue weighted by Gasteiger charge is 2.20. The van der Waals surface area contributed by atoms with Crippen LogP contribution < -0.4 is 15.8 Å². The zero-order valence-electron chi connectivity index (χ0n) is 12.5. The molecule has 0 saturated heterocycles. The van der Waals surface area contributed by atoms with Crippen molar-refractivity contribution in [1.29, 1.82) is 0 Å². The van der Waals surface area contributed by atoms with E-state index in [1.54, 1.807) is 12.1 Å². The number of hydrogen-bond acceptors (Lipinski definition) is 3. The van der Waals surface area contributed by atoms with E-state index in [0.717, 1.165) is 5.56 Å². The minimum absolute atomic E-state index is 0.186. The van der Waals surface area contributed by atoms with Gasteiger partial charge in [-0.15, -0.1) is 0 Å². The molecule has 0 aliphatic rings. The lowest BCUT2D eigenvalue weighted by Crippen LogP contribution is -2.35. The van der Waals surface area contributed by atoms with Gasteiger partial charge in [0.05, 0.1) is 7.11 Å². The quantitative estimate of drug-likeness (QED) is 0.862. The van der Waals surface area contributed by atoms with Gasteiger partial charge in [-0.25, -0.2) is 4.39 Å². The molecule has 0 fully saturated rings. The van der Waals surface area contributed by atoms with E-state index in [1.165, 1.54) is 13.2 Å². The number of primary amides is 1. The molecule has 0 bridgehead atoms. The van der Waals surface area contributed by atoms with Gasteiger partial charge < -0.3 is 10.5 Å². The van der Waals surface area contributed by atoms with Gasteiger partial charge in [0.1, 0.15) is 6.04 Å². The Bertz CT molecular complexity index is 646. The van der Waals surface area contributed by atoms with Crippen molar-refractivity contribution < 1.29 is 13.9 Å². The third-order valence-electron chi connectivity index (χ3n) is 3.51. The maximum atomic E-state index is 13.8.